The minimum Gasteiger partial charge on any atom is -0.396 e. The van der Waals surface area contributed by atoms with Crippen LogP contribution in [0.25, 0.3) is 0 Å². The van der Waals surface area contributed by atoms with Crippen molar-refractivity contribution >= 4 is 5.91 Å². The van der Waals surface area contributed by atoms with Gasteiger partial charge in [-0.2, -0.15) is 0 Å². The second kappa shape index (κ2) is 5.33. The molecule has 0 radical (unpaired) electrons. The van der Waals surface area contributed by atoms with Crippen LogP contribution in [0, 0.1) is 5.92 Å². The Balaban J connectivity index is 1.64. The molecule has 1 saturated carbocycles. The number of aliphatic hydroxyl groups is 1. The van der Waals surface area contributed by atoms with Crippen molar-refractivity contribution in [3.63, 3.8) is 0 Å². The number of likely N-dealkylation sites (tertiary alicyclic amines) is 1. The molecule has 5 heteroatoms. The van der Waals surface area contributed by atoms with Gasteiger partial charge < -0.3 is 14.5 Å². The van der Waals surface area contributed by atoms with E-state index in [0.29, 0.717) is 17.5 Å². The Morgan fingerprint density at radius 2 is 2.32 bits per heavy atom. The normalized spacial score (nSPS) is 23.6. The molecule has 5 nitrogen and oxygen atoms in total. The summed E-state index contributed by atoms with van der Waals surface area (Å²) < 4.78 is 5.24. The average Bonchev–Trinajstić information content (AvgIpc) is 3.17. The lowest BCUT2D eigenvalue weighted by atomic mass is 9.95. The van der Waals surface area contributed by atoms with E-state index in [-0.39, 0.29) is 12.5 Å². The quantitative estimate of drug-likeness (QED) is 0.900. The molecule has 1 unspecified atom stereocenters. The van der Waals surface area contributed by atoms with Gasteiger partial charge in [0.2, 0.25) is 0 Å². The van der Waals surface area contributed by atoms with E-state index in [2.05, 4.69) is 5.16 Å². The third-order valence-electron chi connectivity index (χ3n) is 4.07. The summed E-state index contributed by atoms with van der Waals surface area (Å²) in [5.74, 6) is 1.72. The molecule has 1 aromatic heterocycles. The predicted octanol–water partition coefficient (Wildman–Crippen LogP) is 1.79. The van der Waals surface area contributed by atoms with Crippen molar-refractivity contribution < 1.29 is 14.4 Å². The van der Waals surface area contributed by atoms with Gasteiger partial charge in [0.25, 0.3) is 5.91 Å². The van der Waals surface area contributed by atoms with Crippen molar-refractivity contribution in [3.05, 3.63) is 17.5 Å². The molecule has 1 N–H and O–H groups in total. The van der Waals surface area contributed by atoms with Crippen LogP contribution in [0.15, 0.2) is 10.6 Å². The summed E-state index contributed by atoms with van der Waals surface area (Å²) in [5.41, 5.74) is 0.437. The maximum atomic E-state index is 12.3. The van der Waals surface area contributed by atoms with E-state index in [0.717, 1.165) is 51.0 Å². The minimum atomic E-state index is -0.0294. The second-order valence-electron chi connectivity index (χ2n) is 5.66. The number of hydrogen-bond donors (Lipinski definition) is 1. The number of amides is 1. The van der Waals surface area contributed by atoms with Gasteiger partial charge in [-0.15, -0.1) is 0 Å². The summed E-state index contributed by atoms with van der Waals surface area (Å²) >= 11 is 0. The maximum Gasteiger partial charge on any atom is 0.276 e. The molecule has 2 heterocycles. The van der Waals surface area contributed by atoms with Crippen molar-refractivity contribution in [1.82, 2.24) is 10.1 Å². The number of aliphatic hydroxyl groups excluding tert-OH is 1. The van der Waals surface area contributed by atoms with E-state index in [1.807, 2.05) is 4.90 Å². The van der Waals surface area contributed by atoms with E-state index < -0.39 is 0 Å². The largest absolute Gasteiger partial charge is 0.396 e. The molecule has 2 fully saturated rings. The topological polar surface area (TPSA) is 66.6 Å². The zero-order valence-corrected chi connectivity index (χ0v) is 11.0. The van der Waals surface area contributed by atoms with E-state index >= 15 is 0 Å². The Hall–Kier alpha value is -1.36. The van der Waals surface area contributed by atoms with Gasteiger partial charge >= 0.3 is 0 Å². The summed E-state index contributed by atoms with van der Waals surface area (Å²) in [6, 6.07) is 1.80. The molecular formula is C14H20N2O3. The van der Waals surface area contributed by atoms with E-state index in [4.69, 9.17) is 9.63 Å². The highest BCUT2D eigenvalue weighted by molar-refractivity contribution is 5.92. The minimum absolute atomic E-state index is 0.0294. The fraction of sp³-hybridized carbons (Fsp3) is 0.714. The van der Waals surface area contributed by atoms with Crippen molar-refractivity contribution in [2.24, 2.45) is 5.92 Å². The summed E-state index contributed by atoms with van der Waals surface area (Å²) in [4.78, 5) is 14.2. The van der Waals surface area contributed by atoms with Crippen LogP contribution in [0.4, 0.5) is 0 Å². The first-order valence-corrected chi connectivity index (χ1v) is 7.14. The highest BCUT2D eigenvalue weighted by Gasteiger charge is 2.31. The molecule has 1 aromatic rings. The molecule has 1 saturated heterocycles. The molecule has 1 atom stereocenters. The van der Waals surface area contributed by atoms with Gasteiger partial charge in [0.1, 0.15) is 5.76 Å². The molecule has 19 heavy (non-hydrogen) atoms. The van der Waals surface area contributed by atoms with Crippen LogP contribution in [-0.4, -0.2) is 40.8 Å². The van der Waals surface area contributed by atoms with Gasteiger partial charge in [0.05, 0.1) is 0 Å². The number of carbonyl (C=O) groups is 1. The van der Waals surface area contributed by atoms with E-state index in [9.17, 15) is 4.79 Å². The van der Waals surface area contributed by atoms with E-state index in [1.54, 1.807) is 6.07 Å². The second-order valence-corrected chi connectivity index (χ2v) is 5.66. The van der Waals surface area contributed by atoms with Crippen molar-refractivity contribution in [2.45, 2.75) is 38.0 Å². The zero-order chi connectivity index (χ0) is 13.2. The van der Waals surface area contributed by atoms with E-state index in [1.165, 1.54) is 0 Å². The molecule has 0 aromatic carbocycles. The number of hydrogen-bond acceptors (Lipinski definition) is 4. The SMILES string of the molecule is O=C(c1cc(C2CC2)on1)N1CCCC(CCO)C1. The molecular weight excluding hydrogens is 244 g/mol. The molecule has 104 valence electrons. The molecule has 1 aliphatic heterocycles. The zero-order valence-electron chi connectivity index (χ0n) is 11.0. The Morgan fingerprint density at radius 3 is 3.05 bits per heavy atom. The number of nitrogens with zero attached hydrogens (tertiary/aromatic N) is 2. The Labute approximate surface area is 112 Å². The fourth-order valence-electron chi connectivity index (χ4n) is 2.78. The van der Waals surface area contributed by atoms with Crippen LogP contribution in [0.5, 0.6) is 0 Å². The van der Waals surface area contributed by atoms with Gasteiger partial charge in [-0.1, -0.05) is 5.16 Å². The van der Waals surface area contributed by atoms with Gasteiger partial charge in [0, 0.05) is 31.7 Å². The molecule has 1 amide bonds. The Bertz CT molecular complexity index is 451. The predicted molar refractivity (Wildman–Crippen MR) is 68.8 cm³/mol. The van der Waals surface area contributed by atoms with Crippen molar-refractivity contribution in [3.8, 4) is 0 Å². The molecule has 0 spiro atoms. The molecule has 1 aliphatic carbocycles. The average molecular weight is 264 g/mol. The highest BCUT2D eigenvalue weighted by atomic mass is 16.5. The number of rotatable bonds is 4. The Kier molecular flexibility index (Phi) is 3.55. The smallest absolute Gasteiger partial charge is 0.276 e. The number of piperidine rings is 1. The lowest BCUT2D eigenvalue weighted by Crippen LogP contribution is -2.40. The first-order valence-electron chi connectivity index (χ1n) is 7.14. The van der Waals surface area contributed by atoms with Crippen LogP contribution in [-0.2, 0) is 0 Å². The molecule has 2 aliphatic rings. The Morgan fingerprint density at radius 1 is 1.47 bits per heavy atom. The lowest BCUT2D eigenvalue weighted by Gasteiger charge is -2.31. The standard InChI is InChI=1S/C14H20N2O3/c17-7-5-10-2-1-6-16(9-10)14(18)12-8-13(19-15-12)11-3-4-11/h8,10-11,17H,1-7,9H2. The van der Waals surface area contributed by atoms with Crippen LogP contribution in [0.2, 0.25) is 0 Å². The van der Waals surface area contributed by atoms with Crippen LogP contribution < -0.4 is 0 Å². The van der Waals surface area contributed by atoms with Crippen molar-refractivity contribution in [2.75, 3.05) is 19.7 Å². The first kappa shape index (κ1) is 12.7. The van der Waals surface area contributed by atoms with Gasteiger partial charge in [-0.05, 0) is 38.0 Å². The first-order chi connectivity index (χ1) is 9.28. The van der Waals surface area contributed by atoms with Gasteiger partial charge in [0.15, 0.2) is 5.69 Å². The highest BCUT2D eigenvalue weighted by Crippen LogP contribution is 2.40. The number of carbonyl (C=O) groups excluding carboxylic acids is 1. The van der Waals surface area contributed by atoms with Crippen molar-refractivity contribution in [1.29, 1.82) is 0 Å². The fourth-order valence-corrected chi connectivity index (χ4v) is 2.78. The summed E-state index contributed by atoms with van der Waals surface area (Å²) in [6.07, 6.45) is 5.16. The van der Waals surface area contributed by atoms with Gasteiger partial charge in [-0.25, -0.2) is 0 Å². The lowest BCUT2D eigenvalue weighted by molar-refractivity contribution is 0.0643. The monoisotopic (exact) mass is 264 g/mol. The summed E-state index contributed by atoms with van der Waals surface area (Å²) in [6.45, 7) is 1.71. The summed E-state index contributed by atoms with van der Waals surface area (Å²) in [5, 5.41) is 12.9. The number of aromatic nitrogens is 1. The molecule has 3 rings (SSSR count). The van der Waals surface area contributed by atoms with Crippen LogP contribution in [0.3, 0.4) is 0 Å². The summed E-state index contributed by atoms with van der Waals surface area (Å²) in [7, 11) is 0. The third-order valence-corrected chi connectivity index (χ3v) is 4.07. The molecule has 0 bridgehead atoms. The maximum absolute atomic E-state index is 12.3. The van der Waals surface area contributed by atoms with Gasteiger partial charge in [-0.3, -0.25) is 4.79 Å². The third kappa shape index (κ3) is 2.81. The van der Waals surface area contributed by atoms with Crippen LogP contribution in [0.1, 0.15) is 54.3 Å². The van der Waals surface area contributed by atoms with Crippen LogP contribution >= 0.6 is 0 Å².